The van der Waals surface area contributed by atoms with E-state index in [4.69, 9.17) is 0 Å². The molecule has 1 aromatic carbocycles. The largest absolute Gasteiger partial charge is 0.311 e. The molecule has 0 spiro atoms. The number of sulfonamides is 1. The lowest BCUT2D eigenvalue weighted by atomic mass is 10.1. The van der Waals surface area contributed by atoms with Crippen molar-refractivity contribution in [1.29, 1.82) is 0 Å². The van der Waals surface area contributed by atoms with Crippen LogP contribution in [0.25, 0.3) is 0 Å². The minimum Gasteiger partial charge on any atom is -0.311 e. The smallest absolute Gasteiger partial charge is 0.223 e. The van der Waals surface area contributed by atoms with Crippen molar-refractivity contribution in [2.75, 3.05) is 24.2 Å². The molecule has 1 N–H and O–H groups in total. The van der Waals surface area contributed by atoms with Crippen molar-refractivity contribution in [3.63, 3.8) is 0 Å². The van der Waals surface area contributed by atoms with E-state index in [0.29, 0.717) is 6.54 Å². The van der Waals surface area contributed by atoms with Crippen LogP contribution in [0.15, 0.2) is 18.2 Å². The number of carbonyl (C=O) groups excluding carboxylic acids is 1. The van der Waals surface area contributed by atoms with Gasteiger partial charge in [-0.05, 0) is 25.0 Å². The average Bonchev–Trinajstić information content (AvgIpc) is 2.24. The van der Waals surface area contributed by atoms with Gasteiger partial charge in [0.2, 0.25) is 15.9 Å². The van der Waals surface area contributed by atoms with Gasteiger partial charge < -0.3 is 4.90 Å². The van der Waals surface area contributed by atoms with Crippen LogP contribution in [0.1, 0.15) is 18.1 Å². The van der Waals surface area contributed by atoms with E-state index in [2.05, 4.69) is 4.72 Å². The molecule has 5 nitrogen and oxygen atoms in total. The number of para-hydroxylation sites is 1. The maximum Gasteiger partial charge on any atom is 0.223 e. The molecule has 0 aromatic heterocycles. The molecule has 0 aliphatic heterocycles. The fraction of sp³-hybridized carbons (Fsp3) is 0.462. The van der Waals surface area contributed by atoms with Gasteiger partial charge in [0.25, 0.3) is 0 Å². The van der Waals surface area contributed by atoms with Gasteiger partial charge in [0.15, 0.2) is 0 Å². The zero-order valence-corrected chi connectivity index (χ0v) is 12.5. The predicted octanol–water partition coefficient (Wildman–Crippen LogP) is 1.21. The first-order valence-corrected chi connectivity index (χ1v) is 7.90. The highest BCUT2D eigenvalue weighted by atomic mass is 32.2. The Hall–Kier alpha value is -1.40. The Morgan fingerprint density at radius 3 is 2.21 bits per heavy atom. The molecule has 1 aromatic rings. The summed E-state index contributed by atoms with van der Waals surface area (Å²) >= 11 is 0. The Bertz CT molecular complexity index is 547. The molecule has 0 atom stereocenters. The van der Waals surface area contributed by atoms with Crippen molar-refractivity contribution in [3.8, 4) is 0 Å². The van der Waals surface area contributed by atoms with Crippen molar-refractivity contribution in [3.05, 3.63) is 29.3 Å². The highest BCUT2D eigenvalue weighted by molar-refractivity contribution is 7.88. The Morgan fingerprint density at radius 2 is 1.79 bits per heavy atom. The van der Waals surface area contributed by atoms with Gasteiger partial charge in [-0.15, -0.1) is 0 Å². The van der Waals surface area contributed by atoms with Crippen molar-refractivity contribution < 1.29 is 13.2 Å². The second kappa shape index (κ2) is 6.16. The monoisotopic (exact) mass is 284 g/mol. The minimum atomic E-state index is -3.24. The van der Waals surface area contributed by atoms with E-state index in [0.717, 1.165) is 23.1 Å². The topological polar surface area (TPSA) is 66.5 Å². The zero-order valence-electron chi connectivity index (χ0n) is 11.7. The van der Waals surface area contributed by atoms with Gasteiger partial charge >= 0.3 is 0 Å². The summed E-state index contributed by atoms with van der Waals surface area (Å²) in [4.78, 5) is 13.4. The molecular weight excluding hydrogens is 264 g/mol. The molecule has 6 heteroatoms. The molecule has 0 bridgehead atoms. The second-order valence-electron chi connectivity index (χ2n) is 4.58. The number of aryl methyl sites for hydroxylation is 2. The summed E-state index contributed by atoms with van der Waals surface area (Å²) in [7, 11) is -3.24. The standard InChI is InChI=1S/C13H20N2O3S/c1-10-6-5-7-11(2)13(10)15(12(3)16)9-8-14-19(4,17)18/h5-7,14H,8-9H2,1-4H3. The van der Waals surface area contributed by atoms with Crippen LogP contribution in [0, 0.1) is 13.8 Å². The van der Waals surface area contributed by atoms with Gasteiger partial charge in [0, 0.05) is 25.7 Å². The van der Waals surface area contributed by atoms with Crippen LogP contribution < -0.4 is 9.62 Å². The van der Waals surface area contributed by atoms with E-state index in [1.165, 1.54) is 6.92 Å². The van der Waals surface area contributed by atoms with Gasteiger partial charge in [-0.3, -0.25) is 4.79 Å². The lowest BCUT2D eigenvalue weighted by Gasteiger charge is -2.25. The first-order valence-electron chi connectivity index (χ1n) is 6.01. The first-order chi connectivity index (χ1) is 8.72. The summed E-state index contributed by atoms with van der Waals surface area (Å²) < 4.78 is 24.5. The number of rotatable bonds is 5. The van der Waals surface area contributed by atoms with E-state index >= 15 is 0 Å². The molecule has 1 amide bonds. The molecule has 0 radical (unpaired) electrons. The normalized spacial score (nSPS) is 11.4. The highest BCUT2D eigenvalue weighted by Crippen LogP contribution is 2.24. The van der Waals surface area contributed by atoms with E-state index in [-0.39, 0.29) is 12.5 Å². The number of anilines is 1. The lowest BCUT2D eigenvalue weighted by Crippen LogP contribution is -2.38. The van der Waals surface area contributed by atoms with Crippen molar-refractivity contribution in [1.82, 2.24) is 4.72 Å². The average molecular weight is 284 g/mol. The summed E-state index contributed by atoms with van der Waals surface area (Å²) in [6.07, 6.45) is 1.10. The van der Waals surface area contributed by atoms with E-state index in [1.807, 2.05) is 32.0 Å². The third-order valence-corrected chi connectivity index (χ3v) is 3.52. The Kier molecular flexibility index (Phi) is 5.08. The first kappa shape index (κ1) is 15.7. The Labute approximate surface area is 114 Å². The fourth-order valence-electron chi connectivity index (χ4n) is 2.00. The van der Waals surface area contributed by atoms with Gasteiger partial charge in [-0.2, -0.15) is 0 Å². The molecule has 0 fully saturated rings. The van der Waals surface area contributed by atoms with Gasteiger partial charge in [-0.25, -0.2) is 13.1 Å². The van der Waals surface area contributed by atoms with Crippen LogP contribution in [-0.2, 0) is 14.8 Å². The van der Waals surface area contributed by atoms with E-state index in [9.17, 15) is 13.2 Å². The van der Waals surface area contributed by atoms with Crippen molar-refractivity contribution in [2.24, 2.45) is 0 Å². The number of benzene rings is 1. The quantitative estimate of drug-likeness (QED) is 0.883. The predicted molar refractivity (Wildman–Crippen MR) is 76.8 cm³/mol. The maximum absolute atomic E-state index is 11.8. The van der Waals surface area contributed by atoms with E-state index in [1.54, 1.807) is 4.90 Å². The number of carbonyl (C=O) groups is 1. The summed E-state index contributed by atoms with van der Waals surface area (Å²) in [5.74, 6) is -0.104. The highest BCUT2D eigenvalue weighted by Gasteiger charge is 2.16. The van der Waals surface area contributed by atoms with Crippen LogP contribution in [0.3, 0.4) is 0 Å². The SMILES string of the molecule is CC(=O)N(CCNS(C)(=O)=O)c1c(C)cccc1C. The van der Waals surface area contributed by atoms with Crippen LogP contribution in [0.2, 0.25) is 0 Å². The summed E-state index contributed by atoms with van der Waals surface area (Å²) in [6.45, 7) is 5.86. The lowest BCUT2D eigenvalue weighted by molar-refractivity contribution is -0.116. The molecule has 0 unspecified atom stereocenters. The number of nitrogens with one attached hydrogen (secondary N) is 1. The molecular formula is C13H20N2O3S. The number of nitrogens with zero attached hydrogens (tertiary/aromatic N) is 1. The van der Waals surface area contributed by atoms with Crippen LogP contribution >= 0.6 is 0 Å². The van der Waals surface area contributed by atoms with E-state index < -0.39 is 10.0 Å². The number of hydrogen-bond donors (Lipinski definition) is 1. The number of hydrogen-bond acceptors (Lipinski definition) is 3. The molecule has 0 saturated heterocycles. The summed E-state index contributed by atoms with van der Waals surface area (Å²) in [5.41, 5.74) is 2.84. The minimum absolute atomic E-state index is 0.104. The van der Waals surface area contributed by atoms with Crippen LogP contribution in [-0.4, -0.2) is 33.7 Å². The van der Waals surface area contributed by atoms with Gasteiger partial charge in [0.05, 0.1) is 6.26 Å². The van der Waals surface area contributed by atoms with Crippen molar-refractivity contribution in [2.45, 2.75) is 20.8 Å². The van der Waals surface area contributed by atoms with Crippen LogP contribution in [0.4, 0.5) is 5.69 Å². The maximum atomic E-state index is 11.8. The molecule has 0 aliphatic carbocycles. The summed E-state index contributed by atoms with van der Waals surface area (Å²) in [6, 6.07) is 5.80. The zero-order chi connectivity index (χ0) is 14.6. The molecule has 0 saturated carbocycles. The van der Waals surface area contributed by atoms with Gasteiger partial charge in [-0.1, -0.05) is 18.2 Å². The van der Waals surface area contributed by atoms with Crippen molar-refractivity contribution >= 4 is 21.6 Å². The molecule has 0 heterocycles. The fourth-order valence-corrected chi connectivity index (χ4v) is 2.46. The Morgan fingerprint density at radius 1 is 1.26 bits per heavy atom. The van der Waals surface area contributed by atoms with Crippen LogP contribution in [0.5, 0.6) is 0 Å². The third-order valence-electron chi connectivity index (χ3n) is 2.79. The third kappa shape index (κ3) is 4.65. The number of amides is 1. The Balaban J connectivity index is 2.93. The van der Waals surface area contributed by atoms with Gasteiger partial charge in [0.1, 0.15) is 0 Å². The molecule has 106 valence electrons. The molecule has 0 aliphatic rings. The summed E-state index contributed by atoms with van der Waals surface area (Å²) in [5, 5.41) is 0. The molecule has 1 rings (SSSR count). The second-order valence-corrected chi connectivity index (χ2v) is 6.41. The molecule has 19 heavy (non-hydrogen) atoms.